The van der Waals surface area contributed by atoms with Crippen LogP contribution in [0.2, 0.25) is 0 Å². The largest absolute Gasteiger partial charge is 0.368 e. The Labute approximate surface area is 91.9 Å². The van der Waals surface area contributed by atoms with Crippen LogP contribution < -0.4 is 0 Å². The summed E-state index contributed by atoms with van der Waals surface area (Å²) in [4.78, 5) is 0. The van der Waals surface area contributed by atoms with E-state index in [0.29, 0.717) is 0 Å². The van der Waals surface area contributed by atoms with Crippen molar-refractivity contribution in [1.29, 1.82) is 0 Å². The van der Waals surface area contributed by atoms with Gasteiger partial charge in [-0.15, -0.1) is 0 Å². The average Bonchev–Trinajstić information content (AvgIpc) is 2.25. The van der Waals surface area contributed by atoms with Gasteiger partial charge in [0.15, 0.2) is 6.29 Å². The predicted molar refractivity (Wildman–Crippen MR) is 61.6 cm³/mol. The lowest BCUT2D eigenvalue weighted by atomic mass is 10.1. The smallest absolute Gasteiger partial charge is 0.152 e. The van der Waals surface area contributed by atoms with Gasteiger partial charge in [0.2, 0.25) is 0 Å². The van der Waals surface area contributed by atoms with E-state index >= 15 is 0 Å². The van der Waals surface area contributed by atoms with Gasteiger partial charge in [-0.2, -0.15) is 0 Å². The van der Waals surface area contributed by atoms with E-state index in [2.05, 4.69) is 19.1 Å². The van der Waals surface area contributed by atoms with Gasteiger partial charge in [0.1, 0.15) is 0 Å². The van der Waals surface area contributed by atoms with Crippen LogP contribution in [0.4, 0.5) is 0 Å². The van der Waals surface area contributed by atoms with Crippen LogP contribution in [-0.4, -0.2) is 17.5 Å². The fourth-order valence-electron chi connectivity index (χ4n) is 1.62. The number of ether oxygens (including phenoxy) is 1. The number of hydrogen-bond acceptors (Lipinski definition) is 2. The van der Waals surface area contributed by atoms with E-state index < -0.39 is 6.29 Å². The predicted octanol–water partition coefficient (Wildman–Crippen LogP) is 2.75. The van der Waals surface area contributed by atoms with Crippen LogP contribution in [0.3, 0.4) is 0 Å². The van der Waals surface area contributed by atoms with Gasteiger partial charge < -0.3 is 9.84 Å². The molecule has 0 amide bonds. The minimum atomic E-state index is -0.661. The molecule has 2 heteroatoms. The summed E-state index contributed by atoms with van der Waals surface area (Å²) in [5, 5.41) is 9.13. The summed E-state index contributed by atoms with van der Waals surface area (Å²) in [5.74, 6) is 0. The fourth-order valence-corrected chi connectivity index (χ4v) is 1.62. The molecule has 0 aromatic heterocycles. The Morgan fingerprint density at radius 2 is 1.93 bits per heavy atom. The van der Waals surface area contributed by atoms with Crippen molar-refractivity contribution >= 4 is 0 Å². The SMILES string of the molecule is CCC(CCc1ccccc1)OC(C)O. The van der Waals surface area contributed by atoms with Crippen LogP contribution in [0.25, 0.3) is 0 Å². The third-order valence-corrected chi connectivity index (χ3v) is 2.44. The Morgan fingerprint density at radius 1 is 1.27 bits per heavy atom. The highest BCUT2D eigenvalue weighted by atomic mass is 16.6. The van der Waals surface area contributed by atoms with Crippen LogP contribution in [0.1, 0.15) is 32.3 Å². The van der Waals surface area contributed by atoms with Crippen molar-refractivity contribution < 1.29 is 9.84 Å². The summed E-state index contributed by atoms with van der Waals surface area (Å²) in [6, 6.07) is 10.4. The van der Waals surface area contributed by atoms with Crippen molar-refractivity contribution in [2.45, 2.75) is 45.5 Å². The molecule has 0 saturated carbocycles. The molecular formula is C13H20O2. The number of aliphatic hydroxyl groups is 1. The van der Waals surface area contributed by atoms with E-state index in [0.717, 1.165) is 19.3 Å². The van der Waals surface area contributed by atoms with Gasteiger partial charge in [-0.3, -0.25) is 0 Å². The molecule has 84 valence electrons. The Balaban J connectivity index is 2.34. The molecule has 1 aromatic carbocycles. The highest BCUT2D eigenvalue weighted by molar-refractivity contribution is 5.14. The van der Waals surface area contributed by atoms with Gasteiger partial charge in [-0.05, 0) is 31.7 Å². The van der Waals surface area contributed by atoms with E-state index in [1.807, 2.05) is 18.2 Å². The van der Waals surface area contributed by atoms with Crippen molar-refractivity contribution in [3.8, 4) is 0 Å². The third-order valence-electron chi connectivity index (χ3n) is 2.44. The molecule has 0 aliphatic rings. The van der Waals surface area contributed by atoms with Crippen LogP contribution in [0.15, 0.2) is 30.3 Å². The molecule has 0 aliphatic heterocycles. The first kappa shape index (κ1) is 12.2. The fraction of sp³-hybridized carbons (Fsp3) is 0.538. The van der Waals surface area contributed by atoms with Gasteiger partial charge in [0.05, 0.1) is 6.10 Å². The molecule has 15 heavy (non-hydrogen) atoms. The summed E-state index contributed by atoms with van der Waals surface area (Å²) in [7, 11) is 0. The summed E-state index contributed by atoms with van der Waals surface area (Å²) in [6.45, 7) is 3.74. The van der Waals surface area contributed by atoms with Crippen molar-refractivity contribution in [1.82, 2.24) is 0 Å². The number of hydrogen-bond donors (Lipinski definition) is 1. The Hall–Kier alpha value is -0.860. The van der Waals surface area contributed by atoms with Crippen LogP contribution in [-0.2, 0) is 11.2 Å². The van der Waals surface area contributed by atoms with Gasteiger partial charge in [0.25, 0.3) is 0 Å². The van der Waals surface area contributed by atoms with Crippen LogP contribution in [0.5, 0.6) is 0 Å². The zero-order valence-electron chi connectivity index (χ0n) is 9.52. The molecule has 1 N–H and O–H groups in total. The lowest BCUT2D eigenvalue weighted by Crippen LogP contribution is -2.19. The van der Waals surface area contributed by atoms with Crippen molar-refractivity contribution in [3.63, 3.8) is 0 Å². The highest BCUT2D eigenvalue weighted by Gasteiger charge is 2.09. The van der Waals surface area contributed by atoms with E-state index in [1.165, 1.54) is 5.56 Å². The van der Waals surface area contributed by atoms with E-state index in [1.54, 1.807) is 6.92 Å². The van der Waals surface area contributed by atoms with Crippen molar-refractivity contribution in [2.24, 2.45) is 0 Å². The van der Waals surface area contributed by atoms with E-state index in [4.69, 9.17) is 9.84 Å². The lowest BCUT2D eigenvalue weighted by molar-refractivity contribution is -0.126. The van der Waals surface area contributed by atoms with Crippen LogP contribution >= 0.6 is 0 Å². The molecule has 1 rings (SSSR count). The Bertz CT molecular complexity index is 256. The molecule has 0 saturated heterocycles. The van der Waals surface area contributed by atoms with Gasteiger partial charge in [-0.1, -0.05) is 37.3 Å². The molecule has 2 nitrogen and oxygen atoms in total. The highest BCUT2D eigenvalue weighted by Crippen LogP contribution is 2.11. The van der Waals surface area contributed by atoms with Crippen molar-refractivity contribution in [2.75, 3.05) is 0 Å². The van der Waals surface area contributed by atoms with E-state index in [-0.39, 0.29) is 6.10 Å². The van der Waals surface area contributed by atoms with Crippen molar-refractivity contribution in [3.05, 3.63) is 35.9 Å². The molecule has 1 aromatic rings. The van der Waals surface area contributed by atoms with Gasteiger partial charge >= 0.3 is 0 Å². The van der Waals surface area contributed by atoms with E-state index in [9.17, 15) is 0 Å². The minimum absolute atomic E-state index is 0.158. The minimum Gasteiger partial charge on any atom is -0.368 e. The second-order valence-corrected chi connectivity index (χ2v) is 3.79. The monoisotopic (exact) mass is 208 g/mol. The maximum atomic E-state index is 9.13. The molecule has 0 radical (unpaired) electrons. The summed E-state index contributed by atoms with van der Waals surface area (Å²) < 4.78 is 5.38. The molecule has 0 heterocycles. The molecule has 2 atom stereocenters. The summed E-state index contributed by atoms with van der Waals surface area (Å²) in [5.41, 5.74) is 1.32. The zero-order chi connectivity index (χ0) is 11.1. The second-order valence-electron chi connectivity index (χ2n) is 3.79. The molecule has 0 fully saturated rings. The third kappa shape index (κ3) is 4.96. The Kier molecular flexibility index (Phi) is 5.37. The number of benzene rings is 1. The molecule has 2 unspecified atom stereocenters. The standard InChI is InChI=1S/C13H20O2/c1-3-13(15-11(2)14)10-9-12-7-5-4-6-8-12/h4-8,11,13-14H,3,9-10H2,1-2H3. The van der Waals surface area contributed by atoms with Crippen LogP contribution in [0, 0.1) is 0 Å². The topological polar surface area (TPSA) is 29.5 Å². The number of aryl methyl sites for hydroxylation is 1. The normalized spacial score (nSPS) is 14.9. The number of aliphatic hydroxyl groups excluding tert-OH is 1. The molecule has 0 spiro atoms. The Morgan fingerprint density at radius 3 is 2.47 bits per heavy atom. The number of rotatable bonds is 6. The first-order valence-electron chi connectivity index (χ1n) is 5.59. The quantitative estimate of drug-likeness (QED) is 0.728. The zero-order valence-corrected chi connectivity index (χ0v) is 9.52. The van der Waals surface area contributed by atoms with Gasteiger partial charge in [-0.25, -0.2) is 0 Å². The summed E-state index contributed by atoms with van der Waals surface area (Å²) >= 11 is 0. The summed E-state index contributed by atoms with van der Waals surface area (Å²) in [6.07, 6.45) is 2.41. The average molecular weight is 208 g/mol. The molecular weight excluding hydrogens is 188 g/mol. The molecule has 0 aliphatic carbocycles. The van der Waals surface area contributed by atoms with Gasteiger partial charge in [0, 0.05) is 0 Å². The second kappa shape index (κ2) is 6.59. The lowest BCUT2D eigenvalue weighted by Gasteiger charge is -2.17. The maximum Gasteiger partial charge on any atom is 0.152 e. The first-order chi connectivity index (χ1) is 7.22. The first-order valence-corrected chi connectivity index (χ1v) is 5.59. The molecule has 0 bridgehead atoms. The maximum absolute atomic E-state index is 9.13.